The molecule has 0 N–H and O–H groups in total. The van der Waals surface area contributed by atoms with Crippen molar-refractivity contribution in [2.45, 2.75) is 52.4 Å². The lowest BCUT2D eigenvalue weighted by molar-refractivity contribution is -0.120. The number of ether oxygens (including phenoxy) is 1. The van der Waals surface area contributed by atoms with Crippen LogP contribution in [0.2, 0.25) is 0 Å². The van der Waals surface area contributed by atoms with Crippen LogP contribution in [0.15, 0.2) is 0 Å². The van der Waals surface area contributed by atoms with E-state index < -0.39 is 0 Å². The summed E-state index contributed by atoms with van der Waals surface area (Å²) in [5.74, 6) is 0.351. The van der Waals surface area contributed by atoms with Gasteiger partial charge in [0.15, 0.2) is 0 Å². The van der Waals surface area contributed by atoms with E-state index in [4.69, 9.17) is 4.74 Å². The fourth-order valence-electron chi connectivity index (χ4n) is 1.13. The number of Topliss-reactive ketones (excluding diaryl/α,β-unsaturated/α-hetero) is 1. The van der Waals surface area contributed by atoms with E-state index in [0.717, 1.165) is 25.9 Å². The molecule has 0 bridgehead atoms. The molecule has 2 heteroatoms. The second-order valence-corrected chi connectivity index (χ2v) is 3.36. The van der Waals surface area contributed by atoms with Crippen molar-refractivity contribution in [3.63, 3.8) is 0 Å². The van der Waals surface area contributed by atoms with Crippen molar-refractivity contribution in [1.29, 1.82) is 0 Å². The van der Waals surface area contributed by atoms with Crippen LogP contribution in [0.25, 0.3) is 0 Å². The van der Waals surface area contributed by atoms with Gasteiger partial charge in [-0.3, -0.25) is 4.79 Å². The Labute approximate surface area is 81.7 Å². The molecule has 0 aliphatic carbocycles. The SMILES string of the molecule is CCCCCC(=O)CCOCCC. The first kappa shape index (κ1) is 12.6. The Hall–Kier alpha value is -0.370. The van der Waals surface area contributed by atoms with Gasteiger partial charge in [0.25, 0.3) is 0 Å². The van der Waals surface area contributed by atoms with Crippen LogP contribution in [0.4, 0.5) is 0 Å². The zero-order valence-electron chi connectivity index (χ0n) is 8.97. The molecule has 0 aliphatic rings. The van der Waals surface area contributed by atoms with Gasteiger partial charge in [-0.05, 0) is 12.8 Å². The summed E-state index contributed by atoms with van der Waals surface area (Å²) >= 11 is 0. The smallest absolute Gasteiger partial charge is 0.135 e. The summed E-state index contributed by atoms with van der Waals surface area (Å²) in [6.07, 6.45) is 5.77. The number of hydrogen-bond acceptors (Lipinski definition) is 2. The van der Waals surface area contributed by atoms with E-state index in [1.807, 2.05) is 0 Å². The highest BCUT2D eigenvalue weighted by Crippen LogP contribution is 2.01. The van der Waals surface area contributed by atoms with E-state index in [-0.39, 0.29) is 0 Å². The van der Waals surface area contributed by atoms with Crippen LogP contribution < -0.4 is 0 Å². The van der Waals surface area contributed by atoms with Crippen molar-refractivity contribution in [2.24, 2.45) is 0 Å². The van der Waals surface area contributed by atoms with Crippen molar-refractivity contribution in [3.8, 4) is 0 Å². The lowest BCUT2D eigenvalue weighted by Crippen LogP contribution is -2.04. The first-order chi connectivity index (χ1) is 6.31. The Morgan fingerprint density at radius 2 is 1.77 bits per heavy atom. The number of ketones is 1. The van der Waals surface area contributed by atoms with Gasteiger partial charge in [0.05, 0.1) is 6.61 Å². The van der Waals surface area contributed by atoms with Gasteiger partial charge in [0, 0.05) is 19.4 Å². The van der Waals surface area contributed by atoms with E-state index in [0.29, 0.717) is 18.8 Å². The van der Waals surface area contributed by atoms with Crippen molar-refractivity contribution in [3.05, 3.63) is 0 Å². The summed E-state index contributed by atoms with van der Waals surface area (Å²) < 4.78 is 5.24. The second-order valence-electron chi connectivity index (χ2n) is 3.36. The highest BCUT2D eigenvalue weighted by molar-refractivity contribution is 5.78. The third-order valence-electron chi connectivity index (χ3n) is 1.93. The van der Waals surface area contributed by atoms with E-state index in [9.17, 15) is 4.79 Å². The van der Waals surface area contributed by atoms with Crippen LogP contribution in [0, 0.1) is 0 Å². The third kappa shape index (κ3) is 9.54. The molecule has 0 aromatic carbocycles. The van der Waals surface area contributed by atoms with Crippen LogP contribution >= 0.6 is 0 Å². The summed E-state index contributed by atoms with van der Waals surface area (Å²) in [4.78, 5) is 11.2. The molecule has 0 aromatic heterocycles. The zero-order valence-corrected chi connectivity index (χ0v) is 8.97. The van der Waals surface area contributed by atoms with Gasteiger partial charge in [-0.1, -0.05) is 26.7 Å². The molecule has 0 radical (unpaired) electrons. The molecule has 0 aromatic rings. The van der Waals surface area contributed by atoms with E-state index in [1.165, 1.54) is 12.8 Å². The summed E-state index contributed by atoms with van der Waals surface area (Å²) in [6.45, 7) is 5.61. The molecule has 0 atom stereocenters. The molecule has 0 saturated carbocycles. The monoisotopic (exact) mass is 186 g/mol. The van der Waals surface area contributed by atoms with Crippen LogP contribution in [0.5, 0.6) is 0 Å². The van der Waals surface area contributed by atoms with Crippen LogP contribution in [0.3, 0.4) is 0 Å². The predicted molar refractivity (Wildman–Crippen MR) is 54.9 cm³/mol. The van der Waals surface area contributed by atoms with Crippen LogP contribution in [-0.2, 0) is 9.53 Å². The fourth-order valence-corrected chi connectivity index (χ4v) is 1.13. The van der Waals surface area contributed by atoms with Gasteiger partial charge in [-0.25, -0.2) is 0 Å². The maximum absolute atomic E-state index is 11.2. The molecular formula is C11H22O2. The second kappa shape index (κ2) is 9.72. The topological polar surface area (TPSA) is 26.3 Å². The fraction of sp³-hybridized carbons (Fsp3) is 0.909. The summed E-state index contributed by atoms with van der Waals surface area (Å²) in [6, 6.07) is 0. The first-order valence-electron chi connectivity index (χ1n) is 5.40. The highest BCUT2D eigenvalue weighted by Gasteiger charge is 2.00. The average Bonchev–Trinajstić information content (AvgIpc) is 2.13. The number of carbonyl (C=O) groups excluding carboxylic acids is 1. The summed E-state index contributed by atoms with van der Waals surface area (Å²) in [5.41, 5.74) is 0. The highest BCUT2D eigenvalue weighted by atomic mass is 16.5. The van der Waals surface area contributed by atoms with Gasteiger partial charge in [0.1, 0.15) is 5.78 Å². The third-order valence-corrected chi connectivity index (χ3v) is 1.93. The molecule has 78 valence electrons. The number of rotatable bonds is 9. The molecule has 0 unspecified atom stereocenters. The molecule has 0 fully saturated rings. The molecule has 0 spiro atoms. The minimum absolute atomic E-state index is 0.351. The summed E-state index contributed by atoms with van der Waals surface area (Å²) in [7, 11) is 0. The lowest BCUT2D eigenvalue weighted by atomic mass is 10.1. The van der Waals surface area contributed by atoms with Gasteiger partial charge in [-0.2, -0.15) is 0 Å². The molecule has 2 nitrogen and oxygen atoms in total. The predicted octanol–water partition coefficient (Wildman–Crippen LogP) is 2.95. The number of unbranched alkanes of at least 4 members (excludes halogenated alkanes) is 2. The number of carbonyl (C=O) groups is 1. The normalized spacial score (nSPS) is 10.3. The van der Waals surface area contributed by atoms with Gasteiger partial charge >= 0.3 is 0 Å². The first-order valence-corrected chi connectivity index (χ1v) is 5.40. The summed E-state index contributed by atoms with van der Waals surface area (Å²) in [5, 5.41) is 0. The largest absolute Gasteiger partial charge is 0.381 e. The van der Waals surface area contributed by atoms with Crippen LogP contribution in [0.1, 0.15) is 52.4 Å². The van der Waals surface area contributed by atoms with Crippen molar-refractivity contribution in [2.75, 3.05) is 13.2 Å². The van der Waals surface area contributed by atoms with Crippen molar-refractivity contribution >= 4 is 5.78 Å². The Morgan fingerprint density at radius 1 is 1.00 bits per heavy atom. The quantitative estimate of drug-likeness (QED) is 0.517. The molecule has 0 rings (SSSR count). The Kier molecular flexibility index (Phi) is 9.44. The Bertz CT molecular complexity index is 121. The Balaban J connectivity index is 3.11. The molecule has 0 saturated heterocycles. The van der Waals surface area contributed by atoms with Crippen LogP contribution in [-0.4, -0.2) is 19.0 Å². The van der Waals surface area contributed by atoms with E-state index in [1.54, 1.807) is 0 Å². The van der Waals surface area contributed by atoms with Gasteiger partial charge in [0.2, 0.25) is 0 Å². The van der Waals surface area contributed by atoms with E-state index >= 15 is 0 Å². The van der Waals surface area contributed by atoms with Gasteiger partial charge in [-0.15, -0.1) is 0 Å². The van der Waals surface area contributed by atoms with E-state index in [2.05, 4.69) is 13.8 Å². The van der Waals surface area contributed by atoms with Gasteiger partial charge < -0.3 is 4.74 Å². The maximum Gasteiger partial charge on any atom is 0.135 e. The molecule has 0 aliphatic heterocycles. The van der Waals surface area contributed by atoms with Crippen molar-refractivity contribution < 1.29 is 9.53 Å². The molecule has 0 heterocycles. The Morgan fingerprint density at radius 3 is 2.38 bits per heavy atom. The standard InChI is InChI=1S/C11H22O2/c1-3-5-6-7-11(12)8-10-13-9-4-2/h3-10H2,1-2H3. The molecular weight excluding hydrogens is 164 g/mol. The average molecular weight is 186 g/mol. The molecule has 0 amide bonds. The minimum atomic E-state index is 0.351. The zero-order chi connectivity index (χ0) is 9.94. The maximum atomic E-state index is 11.2. The molecule has 13 heavy (non-hydrogen) atoms. The minimum Gasteiger partial charge on any atom is -0.381 e. The van der Waals surface area contributed by atoms with Crippen molar-refractivity contribution in [1.82, 2.24) is 0 Å². The number of hydrogen-bond donors (Lipinski definition) is 0. The lowest BCUT2D eigenvalue weighted by Gasteiger charge is -2.01.